The van der Waals surface area contributed by atoms with Crippen molar-refractivity contribution in [3.8, 4) is 0 Å². The van der Waals surface area contributed by atoms with Crippen LogP contribution in [-0.4, -0.2) is 36.4 Å². The highest BCUT2D eigenvalue weighted by atomic mass is 79.9. The summed E-state index contributed by atoms with van der Waals surface area (Å²) < 4.78 is 10.4. The Morgan fingerprint density at radius 2 is 2.20 bits per heavy atom. The number of allylic oxidation sites excluding steroid dienone is 2. The fourth-order valence-electron chi connectivity index (χ4n) is 1.54. The van der Waals surface area contributed by atoms with Crippen molar-refractivity contribution in [2.24, 2.45) is 5.92 Å². The van der Waals surface area contributed by atoms with Crippen LogP contribution in [0.5, 0.6) is 0 Å². The molecule has 0 saturated carbocycles. The molecule has 0 aromatic rings. The fraction of sp³-hybridized carbons (Fsp3) is 0.500. The van der Waals surface area contributed by atoms with E-state index in [1.165, 1.54) is 14.2 Å². The van der Waals surface area contributed by atoms with Gasteiger partial charge in [-0.3, -0.25) is 4.79 Å². The Hall–Kier alpha value is -0.650. The highest BCUT2D eigenvalue weighted by molar-refractivity contribution is 9.09. The van der Waals surface area contributed by atoms with Crippen molar-refractivity contribution < 1.29 is 19.4 Å². The Morgan fingerprint density at radius 3 is 2.60 bits per heavy atom. The molecule has 15 heavy (non-hydrogen) atoms. The zero-order chi connectivity index (χ0) is 11.5. The maximum Gasteiger partial charge on any atom is 0.316 e. The van der Waals surface area contributed by atoms with Gasteiger partial charge in [0.1, 0.15) is 5.92 Å². The van der Waals surface area contributed by atoms with E-state index >= 15 is 0 Å². The van der Waals surface area contributed by atoms with Gasteiger partial charge in [0, 0.05) is 19.5 Å². The van der Waals surface area contributed by atoms with Gasteiger partial charge in [-0.1, -0.05) is 28.1 Å². The minimum atomic E-state index is -1.20. The number of carboxylic acid groups (broad SMARTS) is 1. The number of carbonyl (C=O) groups is 1. The largest absolute Gasteiger partial charge is 0.481 e. The molecule has 1 rings (SSSR count). The van der Waals surface area contributed by atoms with E-state index in [1.54, 1.807) is 18.2 Å². The van der Waals surface area contributed by atoms with Crippen molar-refractivity contribution >= 4 is 21.9 Å². The zero-order valence-electron chi connectivity index (χ0n) is 8.57. The molecule has 84 valence electrons. The number of aliphatic carboxylic acids is 1. The van der Waals surface area contributed by atoms with Crippen LogP contribution in [0.2, 0.25) is 0 Å². The van der Waals surface area contributed by atoms with Gasteiger partial charge in [-0.25, -0.2) is 0 Å². The lowest BCUT2D eigenvalue weighted by molar-refractivity contribution is -0.204. The van der Waals surface area contributed by atoms with Gasteiger partial charge < -0.3 is 14.6 Å². The van der Waals surface area contributed by atoms with Gasteiger partial charge in [-0.2, -0.15) is 0 Å². The molecule has 1 unspecified atom stereocenters. The average Bonchev–Trinajstić information content (AvgIpc) is 2.27. The molecule has 0 saturated heterocycles. The number of ether oxygens (including phenoxy) is 2. The Morgan fingerprint density at radius 1 is 1.60 bits per heavy atom. The zero-order valence-corrected chi connectivity index (χ0v) is 10.2. The van der Waals surface area contributed by atoms with Crippen LogP contribution in [-0.2, 0) is 14.3 Å². The normalized spacial score (nSPS) is 23.7. The first-order chi connectivity index (χ1) is 7.09. The van der Waals surface area contributed by atoms with E-state index in [-0.39, 0.29) is 0 Å². The Kier molecular flexibility index (Phi) is 4.07. The third-order valence-corrected chi connectivity index (χ3v) is 3.03. The molecule has 0 heterocycles. The van der Waals surface area contributed by atoms with Crippen LogP contribution in [0, 0.1) is 5.92 Å². The van der Waals surface area contributed by atoms with Crippen molar-refractivity contribution in [3.05, 3.63) is 23.8 Å². The van der Waals surface area contributed by atoms with Gasteiger partial charge in [0.15, 0.2) is 0 Å². The summed E-state index contributed by atoms with van der Waals surface area (Å²) >= 11 is 3.30. The van der Waals surface area contributed by atoms with Crippen LogP contribution >= 0.6 is 15.9 Å². The predicted molar refractivity (Wildman–Crippen MR) is 58.9 cm³/mol. The summed E-state index contributed by atoms with van der Waals surface area (Å²) in [5.74, 6) is -3.00. The number of hydrogen-bond donors (Lipinski definition) is 1. The summed E-state index contributed by atoms with van der Waals surface area (Å²) in [6.45, 7) is 0. The second-order valence-electron chi connectivity index (χ2n) is 3.16. The second-order valence-corrected chi connectivity index (χ2v) is 3.72. The average molecular weight is 277 g/mol. The first-order valence-electron chi connectivity index (χ1n) is 4.38. The lowest BCUT2D eigenvalue weighted by Gasteiger charge is -2.34. The molecule has 0 radical (unpaired) electrons. The van der Waals surface area contributed by atoms with Crippen LogP contribution < -0.4 is 0 Å². The molecular weight excluding hydrogens is 264 g/mol. The van der Waals surface area contributed by atoms with Gasteiger partial charge in [0.2, 0.25) is 5.79 Å². The Balaban J connectivity index is 3.09. The van der Waals surface area contributed by atoms with Crippen LogP contribution in [0.15, 0.2) is 23.8 Å². The summed E-state index contributed by atoms with van der Waals surface area (Å²) in [5.41, 5.74) is 0.927. The van der Waals surface area contributed by atoms with Crippen LogP contribution in [0.4, 0.5) is 0 Å². The van der Waals surface area contributed by atoms with E-state index in [9.17, 15) is 4.79 Å². The third-order valence-electron chi connectivity index (χ3n) is 2.38. The molecule has 1 aliphatic rings. The lowest BCUT2D eigenvalue weighted by Crippen LogP contribution is -2.44. The van der Waals surface area contributed by atoms with Gasteiger partial charge >= 0.3 is 5.97 Å². The van der Waals surface area contributed by atoms with E-state index < -0.39 is 17.7 Å². The highest BCUT2D eigenvalue weighted by Crippen LogP contribution is 2.31. The van der Waals surface area contributed by atoms with Crippen molar-refractivity contribution in [2.75, 3.05) is 19.5 Å². The molecule has 1 atom stereocenters. The van der Waals surface area contributed by atoms with Crippen LogP contribution in [0.1, 0.15) is 0 Å². The summed E-state index contributed by atoms with van der Waals surface area (Å²) in [6, 6.07) is 0. The van der Waals surface area contributed by atoms with Crippen molar-refractivity contribution in [1.29, 1.82) is 0 Å². The molecule has 0 aromatic heterocycles. The highest BCUT2D eigenvalue weighted by Gasteiger charge is 2.42. The van der Waals surface area contributed by atoms with Crippen LogP contribution in [0.25, 0.3) is 0 Å². The second kappa shape index (κ2) is 4.92. The third kappa shape index (κ3) is 2.30. The van der Waals surface area contributed by atoms with E-state index in [2.05, 4.69) is 15.9 Å². The topological polar surface area (TPSA) is 55.8 Å². The molecule has 0 aliphatic heterocycles. The van der Waals surface area contributed by atoms with Crippen molar-refractivity contribution in [2.45, 2.75) is 5.79 Å². The maximum absolute atomic E-state index is 11.0. The molecule has 1 aliphatic carbocycles. The van der Waals surface area contributed by atoms with Gasteiger partial charge in [0.05, 0.1) is 0 Å². The smallest absolute Gasteiger partial charge is 0.316 e. The number of carboxylic acids is 1. The first-order valence-corrected chi connectivity index (χ1v) is 5.50. The van der Waals surface area contributed by atoms with Crippen molar-refractivity contribution in [3.63, 3.8) is 0 Å². The molecule has 0 fully saturated rings. The molecule has 0 spiro atoms. The number of alkyl halides is 1. The van der Waals surface area contributed by atoms with E-state index in [0.717, 1.165) is 5.57 Å². The first kappa shape index (κ1) is 12.4. The number of hydrogen-bond acceptors (Lipinski definition) is 3. The minimum Gasteiger partial charge on any atom is -0.481 e. The summed E-state index contributed by atoms with van der Waals surface area (Å²) in [7, 11) is 2.86. The van der Waals surface area contributed by atoms with Crippen molar-refractivity contribution in [1.82, 2.24) is 0 Å². The number of halogens is 1. The lowest BCUT2D eigenvalue weighted by atomic mass is 9.90. The predicted octanol–water partition coefficient (Wildman–Crippen LogP) is 1.57. The maximum atomic E-state index is 11.0. The van der Waals surface area contributed by atoms with E-state index in [1.807, 2.05) is 0 Å². The van der Waals surface area contributed by atoms with E-state index in [4.69, 9.17) is 14.6 Å². The minimum absolute atomic E-state index is 0.629. The Bertz CT molecular complexity index is 305. The van der Waals surface area contributed by atoms with Gasteiger partial charge in [-0.05, 0) is 11.6 Å². The Labute approximate surface area is 96.7 Å². The number of rotatable bonds is 4. The number of methoxy groups -OCH3 is 2. The molecule has 0 bridgehead atoms. The quantitative estimate of drug-likeness (QED) is 0.626. The van der Waals surface area contributed by atoms with E-state index in [0.29, 0.717) is 5.33 Å². The molecular formula is C10H13BrO4. The summed E-state index contributed by atoms with van der Waals surface area (Å²) in [5, 5.41) is 9.67. The monoisotopic (exact) mass is 276 g/mol. The molecule has 4 nitrogen and oxygen atoms in total. The standard InChI is InChI=1S/C10H13BrO4/c1-14-10(15-2)5-7(6-11)3-4-8(10)9(12)13/h3-5,8H,6H2,1-2H3,(H,12,13). The summed E-state index contributed by atoms with van der Waals surface area (Å²) in [6.07, 6.45) is 5.01. The van der Waals surface area contributed by atoms with Gasteiger partial charge in [-0.15, -0.1) is 0 Å². The van der Waals surface area contributed by atoms with Gasteiger partial charge in [0.25, 0.3) is 0 Å². The molecule has 0 amide bonds. The van der Waals surface area contributed by atoms with Crippen LogP contribution in [0.3, 0.4) is 0 Å². The SMILES string of the molecule is COC1(OC)C=C(CBr)C=CC1C(=O)O. The molecule has 5 heteroatoms. The summed E-state index contributed by atoms with van der Waals surface area (Å²) in [4.78, 5) is 11.0. The fourth-order valence-corrected chi connectivity index (χ4v) is 1.89. The molecule has 0 aromatic carbocycles. The molecule has 1 N–H and O–H groups in total.